The van der Waals surface area contributed by atoms with Crippen molar-refractivity contribution < 1.29 is 18.3 Å². The standard InChI is InChI=1S/C19H17F2N3O2/c1-12(13-7-8-15(21)18(11-13)26-2)22-19(25)16-9-10-24(23-16)17-6-4-3-5-14(17)20/h3-12H,1-2H3,(H,22,25)/t12-/m0/s1. The van der Waals surface area contributed by atoms with Crippen LogP contribution < -0.4 is 10.1 Å². The van der Waals surface area contributed by atoms with E-state index in [0.29, 0.717) is 5.56 Å². The number of nitrogens with one attached hydrogen (secondary N) is 1. The van der Waals surface area contributed by atoms with Gasteiger partial charge in [0.15, 0.2) is 17.3 Å². The molecule has 0 fully saturated rings. The molecule has 26 heavy (non-hydrogen) atoms. The first-order valence-electron chi connectivity index (χ1n) is 7.94. The van der Waals surface area contributed by atoms with Gasteiger partial charge in [0.05, 0.1) is 13.2 Å². The van der Waals surface area contributed by atoms with Gasteiger partial charge in [0, 0.05) is 6.20 Å². The van der Waals surface area contributed by atoms with Crippen LogP contribution in [-0.4, -0.2) is 22.8 Å². The van der Waals surface area contributed by atoms with Crippen molar-refractivity contribution in [1.29, 1.82) is 0 Å². The van der Waals surface area contributed by atoms with Crippen molar-refractivity contribution >= 4 is 5.91 Å². The Hall–Kier alpha value is -3.22. The monoisotopic (exact) mass is 357 g/mol. The highest BCUT2D eigenvalue weighted by Crippen LogP contribution is 2.22. The number of hydrogen-bond donors (Lipinski definition) is 1. The maximum absolute atomic E-state index is 13.8. The van der Waals surface area contributed by atoms with Gasteiger partial charge in [-0.15, -0.1) is 0 Å². The van der Waals surface area contributed by atoms with Gasteiger partial charge in [-0.3, -0.25) is 4.79 Å². The van der Waals surface area contributed by atoms with E-state index in [1.54, 1.807) is 31.2 Å². The van der Waals surface area contributed by atoms with Crippen LogP contribution >= 0.6 is 0 Å². The van der Waals surface area contributed by atoms with Gasteiger partial charge in [0.2, 0.25) is 0 Å². The largest absolute Gasteiger partial charge is 0.494 e. The number of nitrogens with zero attached hydrogens (tertiary/aromatic N) is 2. The van der Waals surface area contributed by atoms with Crippen molar-refractivity contribution in [1.82, 2.24) is 15.1 Å². The number of amides is 1. The molecule has 0 bridgehead atoms. The molecule has 3 rings (SSSR count). The smallest absolute Gasteiger partial charge is 0.272 e. The lowest BCUT2D eigenvalue weighted by molar-refractivity contribution is 0.0934. The third-order valence-electron chi connectivity index (χ3n) is 3.94. The summed E-state index contributed by atoms with van der Waals surface area (Å²) in [5.74, 6) is -1.23. The molecule has 5 nitrogen and oxygen atoms in total. The van der Waals surface area contributed by atoms with Crippen LogP contribution in [0.25, 0.3) is 5.69 Å². The van der Waals surface area contributed by atoms with E-state index in [1.165, 1.54) is 42.3 Å². The molecular formula is C19H17F2N3O2. The molecule has 0 aliphatic heterocycles. The highest BCUT2D eigenvalue weighted by Gasteiger charge is 2.16. The molecule has 0 saturated carbocycles. The maximum atomic E-state index is 13.8. The fourth-order valence-corrected chi connectivity index (χ4v) is 2.52. The molecule has 1 atom stereocenters. The van der Waals surface area contributed by atoms with E-state index < -0.39 is 23.6 Å². The molecule has 3 aromatic rings. The van der Waals surface area contributed by atoms with Crippen LogP contribution in [0.4, 0.5) is 8.78 Å². The van der Waals surface area contributed by atoms with Crippen LogP contribution in [-0.2, 0) is 0 Å². The third-order valence-corrected chi connectivity index (χ3v) is 3.94. The zero-order chi connectivity index (χ0) is 18.7. The predicted octanol–water partition coefficient (Wildman–Crippen LogP) is 3.65. The highest BCUT2D eigenvalue weighted by molar-refractivity contribution is 5.92. The van der Waals surface area contributed by atoms with E-state index in [9.17, 15) is 13.6 Å². The molecule has 0 aliphatic carbocycles. The Kier molecular flexibility index (Phi) is 4.97. The molecule has 0 saturated heterocycles. The first kappa shape index (κ1) is 17.6. The summed E-state index contributed by atoms with van der Waals surface area (Å²) in [7, 11) is 1.38. The summed E-state index contributed by atoms with van der Waals surface area (Å²) in [6.07, 6.45) is 1.51. The number of benzene rings is 2. The molecular weight excluding hydrogens is 340 g/mol. The number of para-hydroxylation sites is 1. The van der Waals surface area contributed by atoms with Gasteiger partial charge in [-0.1, -0.05) is 18.2 Å². The second-order valence-electron chi connectivity index (χ2n) is 5.69. The highest BCUT2D eigenvalue weighted by atomic mass is 19.1. The first-order chi connectivity index (χ1) is 12.5. The summed E-state index contributed by atoms with van der Waals surface area (Å²) in [5, 5.41) is 6.89. The number of carbonyl (C=O) groups excluding carboxylic acids is 1. The molecule has 0 unspecified atom stereocenters. The minimum Gasteiger partial charge on any atom is -0.494 e. The summed E-state index contributed by atoms with van der Waals surface area (Å²) in [4.78, 5) is 12.4. The summed E-state index contributed by atoms with van der Waals surface area (Å²) >= 11 is 0. The van der Waals surface area contributed by atoms with Gasteiger partial charge in [-0.25, -0.2) is 13.5 Å². The number of carbonyl (C=O) groups is 1. The quantitative estimate of drug-likeness (QED) is 0.758. The Morgan fingerprint density at radius 2 is 1.92 bits per heavy atom. The zero-order valence-electron chi connectivity index (χ0n) is 14.2. The van der Waals surface area contributed by atoms with Gasteiger partial charge in [-0.05, 0) is 42.8 Å². The van der Waals surface area contributed by atoms with E-state index in [1.807, 2.05) is 0 Å². The minimum atomic E-state index is -0.474. The van der Waals surface area contributed by atoms with Gasteiger partial charge >= 0.3 is 0 Å². The van der Waals surface area contributed by atoms with Crippen molar-refractivity contribution in [2.45, 2.75) is 13.0 Å². The number of methoxy groups -OCH3 is 1. The number of hydrogen-bond acceptors (Lipinski definition) is 3. The Bertz CT molecular complexity index is 940. The van der Waals surface area contributed by atoms with Gasteiger partial charge in [0.25, 0.3) is 5.91 Å². The van der Waals surface area contributed by atoms with Crippen LogP contribution in [0, 0.1) is 11.6 Å². The second-order valence-corrected chi connectivity index (χ2v) is 5.69. The summed E-state index contributed by atoms with van der Waals surface area (Å²) in [6.45, 7) is 1.76. The van der Waals surface area contributed by atoms with Crippen LogP contribution in [0.2, 0.25) is 0 Å². The molecule has 1 aromatic heterocycles. The average Bonchev–Trinajstić information content (AvgIpc) is 3.12. The molecule has 0 spiro atoms. The minimum absolute atomic E-state index is 0.104. The normalized spacial score (nSPS) is 11.8. The number of aromatic nitrogens is 2. The molecule has 0 radical (unpaired) electrons. The van der Waals surface area contributed by atoms with E-state index in [4.69, 9.17) is 4.74 Å². The van der Waals surface area contributed by atoms with Crippen LogP contribution in [0.15, 0.2) is 54.7 Å². The van der Waals surface area contributed by atoms with Crippen LogP contribution in [0.3, 0.4) is 0 Å². The van der Waals surface area contributed by atoms with Gasteiger partial charge in [0.1, 0.15) is 11.5 Å². The zero-order valence-corrected chi connectivity index (χ0v) is 14.2. The predicted molar refractivity (Wildman–Crippen MR) is 92.4 cm³/mol. The van der Waals surface area contributed by atoms with Crippen LogP contribution in [0.5, 0.6) is 5.75 Å². The summed E-state index contributed by atoms with van der Waals surface area (Å²) in [6, 6.07) is 11.6. The topological polar surface area (TPSA) is 56.1 Å². The first-order valence-corrected chi connectivity index (χ1v) is 7.94. The Labute approximate surface area is 149 Å². The van der Waals surface area contributed by atoms with Crippen molar-refractivity contribution in [3.05, 3.63) is 77.6 Å². The Balaban J connectivity index is 1.75. The second kappa shape index (κ2) is 7.35. The van der Waals surface area contributed by atoms with Crippen molar-refractivity contribution in [3.8, 4) is 11.4 Å². The number of ether oxygens (including phenoxy) is 1. The Morgan fingerprint density at radius 1 is 1.15 bits per heavy atom. The molecule has 2 aromatic carbocycles. The Morgan fingerprint density at radius 3 is 2.65 bits per heavy atom. The van der Waals surface area contributed by atoms with Gasteiger partial charge in [-0.2, -0.15) is 5.10 Å². The maximum Gasteiger partial charge on any atom is 0.272 e. The fourth-order valence-electron chi connectivity index (χ4n) is 2.52. The summed E-state index contributed by atoms with van der Waals surface area (Å²) in [5.41, 5.74) is 1.09. The average molecular weight is 357 g/mol. The van der Waals surface area contributed by atoms with Gasteiger partial charge < -0.3 is 10.1 Å². The van der Waals surface area contributed by atoms with Crippen molar-refractivity contribution in [2.75, 3.05) is 7.11 Å². The molecule has 7 heteroatoms. The SMILES string of the molecule is COc1cc([C@H](C)NC(=O)c2ccn(-c3ccccc3F)n2)ccc1F. The molecule has 1 N–H and O–H groups in total. The molecule has 1 heterocycles. The lowest BCUT2D eigenvalue weighted by Crippen LogP contribution is -2.27. The third kappa shape index (κ3) is 3.56. The van der Waals surface area contributed by atoms with E-state index >= 15 is 0 Å². The number of rotatable bonds is 5. The van der Waals surface area contributed by atoms with E-state index in [2.05, 4.69) is 10.4 Å². The van der Waals surface area contributed by atoms with Crippen LogP contribution in [0.1, 0.15) is 29.0 Å². The lowest BCUT2D eigenvalue weighted by atomic mass is 10.1. The van der Waals surface area contributed by atoms with Crippen molar-refractivity contribution in [3.63, 3.8) is 0 Å². The fraction of sp³-hybridized carbons (Fsp3) is 0.158. The molecule has 0 aliphatic rings. The molecule has 134 valence electrons. The lowest BCUT2D eigenvalue weighted by Gasteiger charge is -2.14. The van der Waals surface area contributed by atoms with E-state index in [0.717, 1.165) is 0 Å². The number of halogens is 2. The van der Waals surface area contributed by atoms with E-state index in [-0.39, 0.29) is 17.1 Å². The van der Waals surface area contributed by atoms with Crippen molar-refractivity contribution in [2.24, 2.45) is 0 Å². The summed E-state index contributed by atoms with van der Waals surface area (Å²) < 4.78 is 33.6. The molecule has 1 amide bonds.